The Hall–Kier alpha value is -11.2. The van der Waals surface area contributed by atoms with Gasteiger partial charge in [0.1, 0.15) is 11.2 Å². The Bertz CT molecular complexity index is 5110. The van der Waals surface area contributed by atoms with Gasteiger partial charge in [0.2, 0.25) is 0 Å². The van der Waals surface area contributed by atoms with E-state index in [0.29, 0.717) is 5.82 Å². The maximum absolute atomic E-state index is 6.72. The van der Waals surface area contributed by atoms with E-state index < -0.39 is 0 Å². The Morgan fingerprint density at radius 1 is 0.283 bits per heavy atom. The van der Waals surface area contributed by atoms with Crippen molar-refractivity contribution in [3.63, 3.8) is 0 Å². The van der Waals surface area contributed by atoms with Crippen LogP contribution in [0.5, 0.6) is 0 Å². The smallest absolute Gasteiger partial charge is 0.160 e. The van der Waals surface area contributed by atoms with Crippen LogP contribution >= 0.6 is 11.3 Å². The highest BCUT2D eigenvalue weighted by atomic mass is 32.1. The monoisotopic (exact) mass is 1200 g/mol. The second-order valence-corrected chi connectivity index (χ2v) is 26.2. The van der Waals surface area contributed by atoms with Crippen molar-refractivity contribution in [2.24, 2.45) is 0 Å². The highest BCUT2D eigenvalue weighted by Gasteiger charge is 2.37. The topological polar surface area (TPSA) is 64.7 Å². The van der Waals surface area contributed by atoms with Crippen LogP contribution in [0.15, 0.2) is 296 Å². The van der Waals surface area contributed by atoms with Gasteiger partial charge in [-0.25, -0.2) is 19.9 Å². The van der Waals surface area contributed by atoms with Crippen molar-refractivity contribution in [1.82, 2.24) is 19.9 Å². The van der Waals surface area contributed by atoms with Crippen LogP contribution in [-0.2, 0) is 10.8 Å². The summed E-state index contributed by atoms with van der Waals surface area (Å²) < 4.78 is 9.28. The van der Waals surface area contributed by atoms with Gasteiger partial charge in [0.05, 0.1) is 22.8 Å². The molecule has 12 aromatic carbocycles. The molecule has 18 rings (SSSR count). The van der Waals surface area contributed by atoms with Crippen molar-refractivity contribution in [2.75, 3.05) is 0 Å². The lowest BCUT2D eigenvalue weighted by atomic mass is 9.81. The molecule has 0 fully saturated rings. The molecule has 92 heavy (non-hydrogen) atoms. The molecule has 5 nitrogen and oxygen atoms in total. The standard InChI is InChI=1S/C43H30N2O.C43H30N2S/c2*1-43(2)35-19-11-9-17-31(35)32-22-21-29(25-36(32)43)30-23-24-33(40-34-18-10-12-20-39(34)46-41(30)40)38-26-37(27-13-5-3-6-14-27)44-42(45-38)28-15-7-4-8-16-28/h2*3-26H,1-2H3. The molecule has 0 saturated heterocycles. The number of benzene rings is 12. The van der Waals surface area contributed by atoms with Crippen LogP contribution in [0.4, 0.5) is 0 Å². The molecule has 16 aromatic rings. The average Bonchev–Trinajstić information content (AvgIpc) is 1.60. The summed E-state index contributed by atoms with van der Waals surface area (Å²) in [6, 6.07) is 103. The maximum atomic E-state index is 6.72. The lowest BCUT2D eigenvalue weighted by Crippen LogP contribution is -2.14. The van der Waals surface area contributed by atoms with E-state index in [1.54, 1.807) is 0 Å². The highest BCUT2D eigenvalue weighted by molar-refractivity contribution is 7.26. The quantitative estimate of drug-likeness (QED) is 0.152. The van der Waals surface area contributed by atoms with Crippen LogP contribution in [0.3, 0.4) is 0 Å². The fourth-order valence-electron chi connectivity index (χ4n) is 14.4. The van der Waals surface area contributed by atoms with E-state index in [9.17, 15) is 0 Å². The minimum atomic E-state index is -0.0858. The summed E-state index contributed by atoms with van der Waals surface area (Å²) in [5, 5.41) is 4.64. The summed E-state index contributed by atoms with van der Waals surface area (Å²) in [5.41, 5.74) is 27.0. The van der Waals surface area contributed by atoms with Crippen LogP contribution in [0.1, 0.15) is 49.9 Å². The second kappa shape index (κ2) is 21.8. The molecule has 0 saturated carbocycles. The number of fused-ring (bicyclic) bond motifs is 12. The molecular formula is C86H60N4OS. The minimum Gasteiger partial charge on any atom is -0.455 e. The van der Waals surface area contributed by atoms with E-state index in [4.69, 9.17) is 24.4 Å². The predicted molar refractivity (Wildman–Crippen MR) is 383 cm³/mol. The van der Waals surface area contributed by atoms with Gasteiger partial charge in [-0.3, -0.25) is 0 Å². The predicted octanol–water partition coefficient (Wildman–Crippen LogP) is 23.2. The Balaban J connectivity index is 0.000000141. The normalized spacial score (nSPS) is 13.2. The lowest BCUT2D eigenvalue weighted by molar-refractivity contribution is 0.660. The van der Waals surface area contributed by atoms with E-state index in [2.05, 4.69) is 252 Å². The lowest BCUT2D eigenvalue weighted by Gasteiger charge is -2.22. The molecule has 0 amide bonds. The maximum Gasteiger partial charge on any atom is 0.160 e. The van der Waals surface area contributed by atoms with E-state index >= 15 is 0 Å². The fraction of sp³-hybridized carbons (Fsp3) is 0.0698. The number of thiophene rings is 1. The van der Waals surface area contributed by atoms with Crippen molar-refractivity contribution in [3.05, 3.63) is 313 Å². The van der Waals surface area contributed by atoms with Crippen LogP contribution < -0.4 is 0 Å². The van der Waals surface area contributed by atoms with E-state index in [0.717, 1.165) is 95.0 Å². The van der Waals surface area contributed by atoms with Gasteiger partial charge in [0.15, 0.2) is 11.6 Å². The number of furan rings is 1. The molecule has 2 aliphatic carbocycles. The van der Waals surface area contributed by atoms with Crippen LogP contribution in [0, 0.1) is 0 Å². The molecule has 2 aliphatic rings. The Morgan fingerprint density at radius 2 is 0.674 bits per heavy atom. The molecule has 0 spiro atoms. The minimum absolute atomic E-state index is 0.0518. The molecule has 4 aromatic heterocycles. The zero-order chi connectivity index (χ0) is 61.7. The fourth-order valence-corrected chi connectivity index (χ4v) is 15.7. The first-order valence-electron chi connectivity index (χ1n) is 31.5. The van der Waals surface area contributed by atoms with Crippen LogP contribution in [0.25, 0.3) is 154 Å². The van der Waals surface area contributed by atoms with Crippen LogP contribution in [0.2, 0.25) is 0 Å². The van der Waals surface area contributed by atoms with E-state index in [1.165, 1.54) is 75.8 Å². The molecule has 0 aliphatic heterocycles. The number of rotatable bonds is 8. The summed E-state index contributed by atoms with van der Waals surface area (Å²) in [5.74, 6) is 1.43. The van der Waals surface area contributed by atoms with Gasteiger partial charge in [-0.2, -0.15) is 0 Å². The van der Waals surface area contributed by atoms with Crippen molar-refractivity contribution in [3.8, 4) is 112 Å². The summed E-state index contributed by atoms with van der Waals surface area (Å²) >= 11 is 1.87. The number of aromatic nitrogens is 4. The average molecular weight is 1200 g/mol. The molecule has 0 bridgehead atoms. The summed E-state index contributed by atoms with van der Waals surface area (Å²) in [6.45, 7) is 9.35. The van der Waals surface area contributed by atoms with Crippen molar-refractivity contribution < 1.29 is 4.42 Å². The summed E-state index contributed by atoms with van der Waals surface area (Å²) in [6.07, 6.45) is 0. The molecule has 6 heteroatoms. The summed E-state index contributed by atoms with van der Waals surface area (Å²) in [7, 11) is 0. The SMILES string of the molecule is CC1(C)c2ccccc2-c2ccc(-c3ccc(-c4cc(-c5ccccc5)nc(-c5ccccc5)n4)c4c3oc3ccccc34)cc21.CC1(C)c2ccccc2-c2ccc(-c3ccc(-c4cc(-c5ccccc5)nc(-c5ccccc5)n4)c4c3sc3ccccc34)cc21. The first kappa shape index (κ1) is 54.9. The van der Waals surface area contributed by atoms with E-state index in [-0.39, 0.29) is 10.8 Å². The third kappa shape index (κ3) is 9.12. The first-order valence-corrected chi connectivity index (χ1v) is 32.3. The van der Waals surface area contributed by atoms with Crippen molar-refractivity contribution in [2.45, 2.75) is 38.5 Å². The third-order valence-corrected chi connectivity index (χ3v) is 20.3. The second-order valence-electron chi connectivity index (χ2n) is 25.2. The Labute approximate surface area is 538 Å². The molecular weight excluding hydrogens is 1140 g/mol. The molecule has 4 heterocycles. The number of nitrogens with zero attached hydrogens (tertiary/aromatic N) is 4. The van der Waals surface area contributed by atoms with Gasteiger partial charge in [0, 0.05) is 80.7 Å². The Kier molecular flexibility index (Phi) is 13.0. The Morgan fingerprint density at radius 3 is 1.22 bits per heavy atom. The molecule has 0 unspecified atom stereocenters. The number of hydrogen-bond donors (Lipinski definition) is 0. The number of hydrogen-bond acceptors (Lipinski definition) is 6. The van der Waals surface area contributed by atoms with Gasteiger partial charge in [-0.05, 0) is 104 Å². The molecule has 436 valence electrons. The number of para-hydroxylation sites is 1. The van der Waals surface area contributed by atoms with Gasteiger partial charge >= 0.3 is 0 Å². The van der Waals surface area contributed by atoms with E-state index in [1.807, 2.05) is 78.1 Å². The van der Waals surface area contributed by atoms with Gasteiger partial charge in [0.25, 0.3) is 0 Å². The molecule has 0 N–H and O–H groups in total. The van der Waals surface area contributed by atoms with Crippen molar-refractivity contribution >= 4 is 53.4 Å². The zero-order valence-corrected chi connectivity index (χ0v) is 52.1. The van der Waals surface area contributed by atoms with Gasteiger partial charge in [-0.1, -0.05) is 276 Å². The summed E-state index contributed by atoms with van der Waals surface area (Å²) in [4.78, 5) is 20.5. The van der Waals surface area contributed by atoms with Gasteiger partial charge < -0.3 is 4.42 Å². The highest BCUT2D eigenvalue weighted by Crippen LogP contribution is 2.53. The van der Waals surface area contributed by atoms with Gasteiger partial charge in [-0.15, -0.1) is 11.3 Å². The van der Waals surface area contributed by atoms with Crippen molar-refractivity contribution in [1.29, 1.82) is 0 Å². The molecule has 0 atom stereocenters. The largest absolute Gasteiger partial charge is 0.455 e. The first-order chi connectivity index (χ1) is 45.1. The third-order valence-electron chi connectivity index (χ3n) is 19.0. The zero-order valence-electron chi connectivity index (χ0n) is 51.3. The molecule has 0 radical (unpaired) electrons. The van der Waals surface area contributed by atoms with Crippen LogP contribution in [-0.4, -0.2) is 19.9 Å².